The van der Waals surface area contributed by atoms with Crippen molar-refractivity contribution in [3.63, 3.8) is 0 Å². The molecule has 7 heteroatoms. The highest BCUT2D eigenvalue weighted by atomic mass is 16.5. The number of benzene rings is 3. The van der Waals surface area contributed by atoms with Crippen LogP contribution >= 0.6 is 0 Å². The molecule has 3 aromatic carbocycles. The molecule has 0 unspecified atom stereocenters. The smallest absolute Gasteiger partial charge is 0.323 e. The van der Waals surface area contributed by atoms with Crippen LogP contribution in [0.5, 0.6) is 11.5 Å². The number of amides is 3. The molecule has 0 spiro atoms. The lowest BCUT2D eigenvalue weighted by molar-refractivity contribution is -0.118. The van der Waals surface area contributed by atoms with E-state index in [0.29, 0.717) is 28.6 Å². The minimum atomic E-state index is -0.349. The van der Waals surface area contributed by atoms with Gasteiger partial charge in [0, 0.05) is 17.1 Å². The van der Waals surface area contributed by atoms with Crippen LogP contribution in [-0.2, 0) is 4.79 Å². The van der Waals surface area contributed by atoms with Crippen LogP contribution < -0.4 is 25.4 Å². The highest BCUT2D eigenvalue weighted by molar-refractivity contribution is 6.00. The Labute approximate surface area is 168 Å². The molecule has 0 aliphatic carbocycles. The van der Waals surface area contributed by atoms with Crippen LogP contribution in [0.1, 0.15) is 0 Å². The second-order valence-corrected chi connectivity index (χ2v) is 6.01. The SMILES string of the molecule is COc1ccccc1OCC(=O)Nc1ccc(NC(=O)Nc2ccccc2)cc1. The topological polar surface area (TPSA) is 88.7 Å². The molecule has 29 heavy (non-hydrogen) atoms. The number of para-hydroxylation sites is 3. The summed E-state index contributed by atoms with van der Waals surface area (Å²) in [6.45, 7) is -0.153. The number of hydrogen-bond acceptors (Lipinski definition) is 4. The van der Waals surface area contributed by atoms with Crippen molar-refractivity contribution in [2.75, 3.05) is 29.7 Å². The van der Waals surface area contributed by atoms with Crippen LogP contribution in [0.15, 0.2) is 78.9 Å². The van der Waals surface area contributed by atoms with Gasteiger partial charge in [-0.15, -0.1) is 0 Å². The lowest BCUT2D eigenvalue weighted by atomic mass is 10.2. The van der Waals surface area contributed by atoms with Crippen molar-refractivity contribution in [2.24, 2.45) is 0 Å². The Bertz CT molecular complexity index is 959. The first-order valence-electron chi connectivity index (χ1n) is 8.93. The summed E-state index contributed by atoms with van der Waals surface area (Å²) in [6.07, 6.45) is 0. The number of ether oxygens (including phenoxy) is 2. The standard InChI is InChI=1S/C22H21N3O4/c1-28-19-9-5-6-10-20(19)29-15-21(26)23-17-11-13-18(14-12-17)25-22(27)24-16-7-3-2-4-8-16/h2-14H,15H2,1H3,(H,23,26)(H2,24,25,27). The molecule has 0 fully saturated rings. The first-order chi connectivity index (χ1) is 14.1. The van der Waals surface area contributed by atoms with Crippen molar-refractivity contribution < 1.29 is 19.1 Å². The summed E-state index contributed by atoms with van der Waals surface area (Å²) in [5.41, 5.74) is 1.89. The summed E-state index contributed by atoms with van der Waals surface area (Å²) in [7, 11) is 1.54. The van der Waals surface area contributed by atoms with E-state index >= 15 is 0 Å². The number of carbonyl (C=O) groups excluding carboxylic acids is 2. The van der Waals surface area contributed by atoms with Crippen molar-refractivity contribution in [1.82, 2.24) is 0 Å². The van der Waals surface area contributed by atoms with E-state index in [2.05, 4.69) is 16.0 Å². The zero-order valence-corrected chi connectivity index (χ0v) is 15.8. The molecule has 148 valence electrons. The van der Waals surface area contributed by atoms with Crippen molar-refractivity contribution in [3.05, 3.63) is 78.9 Å². The number of methoxy groups -OCH3 is 1. The Morgan fingerprint density at radius 1 is 0.690 bits per heavy atom. The van der Waals surface area contributed by atoms with E-state index in [-0.39, 0.29) is 18.5 Å². The van der Waals surface area contributed by atoms with Gasteiger partial charge in [0.25, 0.3) is 5.91 Å². The lowest BCUT2D eigenvalue weighted by Gasteiger charge is -2.11. The maximum absolute atomic E-state index is 12.1. The summed E-state index contributed by atoms with van der Waals surface area (Å²) >= 11 is 0. The van der Waals surface area contributed by atoms with Crippen molar-refractivity contribution >= 4 is 29.0 Å². The minimum absolute atomic E-state index is 0.153. The molecule has 0 bridgehead atoms. The minimum Gasteiger partial charge on any atom is -0.493 e. The van der Waals surface area contributed by atoms with E-state index in [1.54, 1.807) is 54.6 Å². The summed E-state index contributed by atoms with van der Waals surface area (Å²) < 4.78 is 10.7. The molecule has 0 atom stereocenters. The van der Waals surface area contributed by atoms with E-state index in [4.69, 9.17) is 9.47 Å². The quantitative estimate of drug-likeness (QED) is 0.558. The zero-order chi connectivity index (χ0) is 20.5. The van der Waals surface area contributed by atoms with E-state index in [1.807, 2.05) is 24.3 Å². The van der Waals surface area contributed by atoms with Gasteiger partial charge in [-0.25, -0.2) is 4.79 Å². The molecule has 7 nitrogen and oxygen atoms in total. The third-order valence-electron chi connectivity index (χ3n) is 3.89. The predicted octanol–water partition coefficient (Wildman–Crippen LogP) is 4.36. The third kappa shape index (κ3) is 6.00. The van der Waals surface area contributed by atoms with E-state index in [1.165, 1.54) is 7.11 Å². The van der Waals surface area contributed by atoms with E-state index in [0.717, 1.165) is 0 Å². The highest BCUT2D eigenvalue weighted by Gasteiger charge is 2.08. The van der Waals surface area contributed by atoms with Crippen LogP contribution in [0.2, 0.25) is 0 Å². The second-order valence-electron chi connectivity index (χ2n) is 6.01. The van der Waals surface area contributed by atoms with Gasteiger partial charge >= 0.3 is 6.03 Å². The lowest BCUT2D eigenvalue weighted by Crippen LogP contribution is -2.21. The Balaban J connectivity index is 1.48. The number of urea groups is 1. The van der Waals surface area contributed by atoms with Crippen LogP contribution in [0.4, 0.5) is 21.9 Å². The van der Waals surface area contributed by atoms with Crippen LogP contribution in [0, 0.1) is 0 Å². The number of carbonyl (C=O) groups is 2. The van der Waals surface area contributed by atoms with Crippen LogP contribution in [0.3, 0.4) is 0 Å². The van der Waals surface area contributed by atoms with Gasteiger partial charge in [0.15, 0.2) is 18.1 Å². The number of anilines is 3. The first-order valence-corrected chi connectivity index (χ1v) is 8.93. The monoisotopic (exact) mass is 391 g/mol. The number of rotatable bonds is 7. The van der Waals surface area contributed by atoms with Gasteiger partial charge in [0.05, 0.1) is 7.11 Å². The predicted molar refractivity (Wildman–Crippen MR) is 113 cm³/mol. The van der Waals surface area contributed by atoms with Gasteiger partial charge in [-0.1, -0.05) is 30.3 Å². The molecule has 0 aliphatic heterocycles. The van der Waals surface area contributed by atoms with Crippen LogP contribution in [-0.4, -0.2) is 25.7 Å². The van der Waals surface area contributed by atoms with Crippen molar-refractivity contribution in [2.45, 2.75) is 0 Å². The molecule has 3 N–H and O–H groups in total. The van der Waals surface area contributed by atoms with E-state index in [9.17, 15) is 9.59 Å². The van der Waals surface area contributed by atoms with Crippen molar-refractivity contribution in [3.8, 4) is 11.5 Å². The van der Waals surface area contributed by atoms with Gasteiger partial charge in [0.1, 0.15) is 0 Å². The van der Waals surface area contributed by atoms with Crippen molar-refractivity contribution in [1.29, 1.82) is 0 Å². The fraction of sp³-hybridized carbons (Fsp3) is 0.0909. The molecular weight excluding hydrogens is 370 g/mol. The molecule has 0 radical (unpaired) electrons. The molecule has 0 aliphatic rings. The molecule has 3 amide bonds. The van der Waals surface area contributed by atoms with Gasteiger partial charge < -0.3 is 25.4 Å². The maximum Gasteiger partial charge on any atom is 0.323 e. The Kier molecular flexibility index (Phi) is 6.67. The molecular formula is C22H21N3O4. The Morgan fingerprint density at radius 2 is 1.21 bits per heavy atom. The molecule has 3 rings (SSSR count). The van der Waals surface area contributed by atoms with E-state index < -0.39 is 0 Å². The fourth-order valence-corrected chi connectivity index (χ4v) is 2.53. The summed E-state index contributed by atoms with van der Waals surface area (Å²) in [4.78, 5) is 24.1. The molecule has 0 saturated heterocycles. The number of hydrogen-bond donors (Lipinski definition) is 3. The third-order valence-corrected chi connectivity index (χ3v) is 3.89. The Hall–Kier alpha value is -4.00. The maximum atomic E-state index is 12.1. The molecule has 0 saturated carbocycles. The highest BCUT2D eigenvalue weighted by Crippen LogP contribution is 2.25. The largest absolute Gasteiger partial charge is 0.493 e. The van der Waals surface area contributed by atoms with Gasteiger partial charge in [-0.05, 0) is 48.5 Å². The van der Waals surface area contributed by atoms with Crippen LogP contribution in [0.25, 0.3) is 0 Å². The summed E-state index contributed by atoms with van der Waals surface area (Å²) in [5, 5.41) is 8.20. The second kappa shape index (κ2) is 9.80. The Morgan fingerprint density at radius 3 is 1.83 bits per heavy atom. The molecule has 3 aromatic rings. The fourth-order valence-electron chi connectivity index (χ4n) is 2.53. The molecule has 0 aromatic heterocycles. The summed E-state index contributed by atoms with van der Waals surface area (Å²) in [5.74, 6) is 0.747. The van der Waals surface area contributed by atoms with Gasteiger partial charge in [-0.3, -0.25) is 4.79 Å². The average molecular weight is 391 g/mol. The molecule has 0 heterocycles. The number of nitrogens with one attached hydrogen (secondary N) is 3. The van der Waals surface area contributed by atoms with Gasteiger partial charge in [-0.2, -0.15) is 0 Å². The normalized spacial score (nSPS) is 9.97. The van der Waals surface area contributed by atoms with Gasteiger partial charge in [0.2, 0.25) is 0 Å². The zero-order valence-electron chi connectivity index (χ0n) is 15.8. The first kappa shape index (κ1) is 19.8. The summed E-state index contributed by atoms with van der Waals surface area (Å²) in [6, 6.07) is 22.7. The average Bonchev–Trinajstić information content (AvgIpc) is 2.74.